The molecule has 17 heavy (non-hydrogen) atoms. The van der Waals surface area contributed by atoms with Crippen molar-refractivity contribution in [2.45, 2.75) is 32.3 Å². The van der Waals surface area contributed by atoms with Gasteiger partial charge in [0.2, 0.25) is 0 Å². The summed E-state index contributed by atoms with van der Waals surface area (Å²) in [5.41, 5.74) is 2.36. The average molecular weight is 247 g/mol. The van der Waals surface area contributed by atoms with Crippen molar-refractivity contribution in [2.24, 2.45) is 0 Å². The monoisotopic (exact) mass is 247 g/mol. The van der Waals surface area contributed by atoms with Gasteiger partial charge in [0.15, 0.2) is 0 Å². The van der Waals surface area contributed by atoms with Crippen LogP contribution in [0.5, 0.6) is 0 Å². The molecule has 0 aliphatic heterocycles. The van der Waals surface area contributed by atoms with Crippen LogP contribution < -0.4 is 0 Å². The van der Waals surface area contributed by atoms with Gasteiger partial charge < -0.3 is 9.72 Å². The maximum absolute atomic E-state index is 5.73. The van der Waals surface area contributed by atoms with Gasteiger partial charge in [-0.25, -0.2) is 0 Å². The summed E-state index contributed by atoms with van der Waals surface area (Å²) in [6, 6.07) is 11.7. The number of aromatic amines is 1. The standard InChI is InChI=1S/C14H21NOSi/c1-17(2,3)9-8-16-11-13-10-12-6-4-5-7-14(12)15-13/h4-7,10,15H,8-9,11H2,1-3H3. The minimum atomic E-state index is -0.962. The fourth-order valence-electron chi connectivity index (χ4n) is 1.77. The van der Waals surface area contributed by atoms with Crippen LogP contribution in [0.4, 0.5) is 0 Å². The summed E-state index contributed by atoms with van der Waals surface area (Å²) in [4.78, 5) is 3.38. The highest BCUT2D eigenvalue weighted by Gasteiger charge is 2.12. The second kappa shape index (κ2) is 5.06. The number of hydrogen-bond donors (Lipinski definition) is 1. The molecular formula is C14H21NOSi. The number of hydrogen-bond acceptors (Lipinski definition) is 1. The van der Waals surface area contributed by atoms with Crippen LogP contribution >= 0.6 is 0 Å². The highest BCUT2D eigenvalue weighted by Crippen LogP contribution is 2.15. The molecule has 0 aliphatic rings. The van der Waals surface area contributed by atoms with E-state index in [4.69, 9.17) is 4.74 Å². The summed E-state index contributed by atoms with van der Waals surface area (Å²) >= 11 is 0. The van der Waals surface area contributed by atoms with Gasteiger partial charge in [0, 0.05) is 25.9 Å². The lowest BCUT2D eigenvalue weighted by Crippen LogP contribution is -2.21. The Morgan fingerprint density at radius 2 is 1.94 bits per heavy atom. The van der Waals surface area contributed by atoms with E-state index in [1.165, 1.54) is 22.6 Å². The first kappa shape index (κ1) is 12.4. The van der Waals surface area contributed by atoms with Gasteiger partial charge in [-0.1, -0.05) is 37.8 Å². The van der Waals surface area contributed by atoms with Gasteiger partial charge in [-0.3, -0.25) is 0 Å². The maximum Gasteiger partial charge on any atom is 0.0865 e. The van der Waals surface area contributed by atoms with E-state index in [0.29, 0.717) is 6.61 Å². The predicted molar refractivity (Wildman–Crippen MR) is 76.1 cm³/mol. The molecule has 0 spiro atoms. The minimum Gasteiger partial charge on any atom is -0.376 e. The first-order valence-corrected chi connectivity index (χ1v) is 9.90. The van der Waals surface area contributed by atoms with Crippen LogP contribution in [0.25, 0.3) is 10.9 Å². The van der Waals surface area contributed by atoms with Gasteiger partial charge in [-0.2, -0.15) is 0 Å². The third kappa shape index (κ3) is 3.72. The fraction of sp³-hybridized carbons (Fsp3) is 0.429. The second-order valence-electron chi connectivity index (χ2n) is 5.75. The SMILES string of the molecule is C[Si](C)(C)CCOCc1cc2ccccc2[nH]1. The molecule has 0 amide bonds. The van der Waals surface area contributed by atoms with E-state index in [1.54, 1.807) is 0 Å². The summed E-state index contributed by atoms with van der Waals surface area (Å²) in [6.45, 7) is 8.70. The summed E-state index contributed by atoms with van der Waals surface area (Å²) in [7, 11) is -0.962. The Morgan fingerprint density at radius 1 is 1.18 bits per heavy atom. The highest BCUT2D eigenvalue weighted by molar-refractivity contribution is 6.76. The van der Waals surface area contributed by atoms with Crippen molar-refractivity contribution >= 4 is 19.0 Å². The average Bonchev–Trinajstić information content (AvgIpc) is 2.65. The van der Waals surface area contributed by atoms with Crippen LogP contribution in [0.1, 0.15) is 5.69 Å². The van der Waals surface area contributed by atoms with Gasteiger partial charge in [-0.15, -0.1) is 0 Å². The summed E-state index contributed by atoms with van der Waals surface area (Å²) in [5.74, 6) is 0. The number of aromatic nitrogens is 1. The van der Waals surface area contributed by atoms with Gasteiger partial charge in [-0.05, 0) is 23.6 Å². The molecule has 0 unspecified atom stereocenters. The molecule has 1 aromatic heterocycles. The minimum absolute atomic E-state index is 0.694. The molecule has 3 heteroatoms. The Morgan fingerprint density at radius 3 is 2.65 bits per heavy atom. The van der Waals surface area contributed by atoms with Crippen molar-refractivity contribution in [3.05, 3.63) is 36.0 Å². The first-order valence-electron chi connectivity index (χ1n) is 6.19. The molecule has 0 fully saturated rings. The topological polar surface area (TPSA) is 25.0 Å². The van der Waals surface area contributed by atoms with Gasteiger partial charge in [0.1, 0.15) is 0 Å². The molecule has 1 N–H and O–H groups in total. The third-order valence-corrected chi connectivity index (χ3v) is 4.54. The molecule has 0 saturated heterocycles. The Kier molecular flexibility index (Phi) is 3.69. The fourth-order valence-corrected chi connectivity index (χ4v) is 2.53. The number of ether oxygens (including phenoxy) is 1. The molecule has 0 saturated carbocycles. The third-order valence-electron chi connectivity index (χ3n) is 2.84. The Bertz CT molecular complexity index is 451. The quantitative estimate of drug-likeness (QED) is 0.626. The van der Waals surface area contributed by atoms with E-state index < -0.39 is 8.07 Å². The lowest BCUT2D eigenvalue weighted by Gasteiger charge is -2.14. The smallest absolute Gasteiger partial charge is 0.0865 e. The summed E-state index contributed by atoms with van der Waals surface area (Å²) in [6.07, 6.45) is 0. The van der Waals surface area contributed by atoms with Crippen molar-refractivity contribution in [1.29, 1.82) is 0 Å². The van der Waals surface area contributed by atoms with Crippen LogP contribution in [0.3, 0.4) is 0 Å². The van der Waals surface area contributed by atoms with E-state index >= 15 is 0 Å². The summed E-state index contributed by atoms with van der Waals surface area (Å²) < 4.78 is 5.73. The molecular weight excluding hydrogens is 226 g/mol. The van der Waals surface area contributed by atoms with Gasteiger partial charge >= 0.3 is 0 Å². The first-order chi connectivity index (χ1) is 8.04. The molecule has 1 heterocycles. The van der Waals surface area contributed by atoms with Gasteiger partial charge in [0.05, 0.1) is 6.61 Å². The Hall–Kier alpha value is -1.06. The van der Waals surface area contributed by atoms with E-state index in [1.807, 2.05) is 0 Å². The largest absolute Gasteiger partial charge is 0.376 e. The van der Waals surface area contributed by atoms with Gasteiger partial charge in [0.25, 0.3) is 0 Å². The van der Waals surface area contributed by atoms with Crippen molar-refractivity contribution in [3.8, 4) is 0 Å². The van der Waals surface area contributed by atoms with Crippen molar-refractivity contribution in [3.63, 3.8) is 0 Å². The zero-order valence-electron chi connectivity index (χ0n) is 10.9. The van der Waals surface area contributed by atoms with E-state index in [9.17, 15) is 0 Å². The van der Waals surface area contributed by atoms with E-state index in [0.717, 1.165) is 6.61 Å². The van der Waals surface area contributed by atoms with Crippen LogP contribution in [0, 0.1) is 0 Å². The number of rotatable bonds is 5. The second-order valence-corrected chi connectivity index (χ2v) is 11.4. The Labute approximate surface area is 104 Å². The predicted octanol–water partition coefficient (Wildman–Crippen LogP) is 4.02. The van der Waals surface area contributed by atoms with E-state index in [-0.39, 0.29) is 0 Å². The van der Waals surface area contributed by atoms with Crippen LogP contribution in [-0.2, 0) is 11.3 Å². The van der Waals surface area contributed by atoms with Crippen LogP contribution in [0.2, 0.25) is 25.7 Å². The lowest BCUT2D eigenvalue weighted by atomic mass is 10.2. The highest BCUT2D eigenvalue weighted by atomic mass is 28.3. The number of H-pyrrole nitrogens is 1. The molecule has 1 aromatic carbocycles. The van der Waals surface area contributed by atoms with Crippen LogP contribution in [-0.4, -0.2) is 19.7 Å². The molecule has 0 radical (unpaired) electrons. The number of fused-ring (bicyclic) bond motifs is 1. The lowest BCUT2D eigenvalue weighted by molar-refractivity contribution is 0.131. The van der Waals surface area contributed by atoms with Crippen LogP contribution in [0.15, 0.2) is 30.3 Å². The summed E-state index contributed by atoms with van der Waals surface area (Å²) in [5, 5.41) is 1.26. The Balaban J connectivity index is 1.87. The zero-order chi connectivity index (χ0) is 12.3. The molecule has 0 aliphatic carbocycles. The van der Waals surface area contributed by atoms with Crippen molar-refractivity contribution in [2.75, 3.05) is 6.61 Å². The number of para-hydroxylation sites is 1. The number of benzene rings is 1. The zero-order valence-corrected chi connectivity index (χ0v) is 11.9. The molecule has 2 aromatic rings. The molecule has 0 bridgehead atoms. The maximum atomic E-state index is 5.73. The molecule has 2 nitrogen and oxygen atoms in total. The normalized spacial score (nSPS) is 12.2. The molecule has 2 rings (SSSR count). The van der Waals surface area contributed by atoms with E-state index in [2.05, 4.69) is 55.0 Å². The van der Waals surface area contributed by atoms with Crippen molar-refractivity contribution in [1.82, 2.24) is 4.98 Å². The van der Waals surface area contributed by atoms with Crippen molar-refractivity contribution < 1.29 is 4.74 Å². The number of nitrogens with one attached hydrogen (secondary N) is 1. The molecule has 0 atom stereocenters. The molecule has 92 valence electrons.